The van der Waals surface area contributed by atoms with Crippen LogP contribution in [0.5, 0.6) is 0 Å². The lowest BCUT2D eigenvalue weighted by molar-refractivity contribution is -0.163. The van der Waals surface area contributed by atoms with Gasteiger partial charge in [-0.05, 0) is 22.6 Å². The molecule has 0 aromatic carbocycles. The summed E-state index contributed by atoms with van der Waals surface area (Å²) in [6.45, 7) is 6.05. The fourth-order valence-corrected chi connectivity index (χ4v) is 1.52. The standard InChI is InChI=1S/C10H13IO6/c1-6(11)10(17-8(3)14)9(16-5-12)4-15-7(2)13/h5,9-10H,1,4H2,2-3H3/t9?,10-/m0/s1. The summed E-state index contributed by atoms with van der Waals surface area (Å²) < 4.78 is 14.8. The van der Waals surface area contributed by atoms with Gasteiger partial charge < -0.3 is 14.2 Å². The SMILES string of the molecule is C=C(I)[C@H](OC(C)=O)C(COC(C)=O)OC=O. The maximum atomic E-state index is 10.9. The van der Waals surface area contributed by atoms with Gasteiger partial charge in [0.05, 0.1) is 0 Å². The molecule has 0 aliphatic carbocycles. The first-order chi connectivity index (χ1) is 7.88. The molecule has 17 heavy (non-hydrogen) atoms. The second kappa shape index (κ2) is 8.04. The molecule has 0 bridgehead atoms. The summed E-state index contributed by atoms with van der Waals surface area (Å²) in [5.74, 6) is -1.07. The summed E-state index contributed by atoms with van der Waals surface area (Å²) >= 11 is 1.84. The predicted molar refractivity (Wildman–Crippen MR) is 66.3 cm³/mol. The maximum Gasteiger partial charge on any atom is 0.303 e. The molecular weight excluding hydrogens is 343 g/mol. The van der Waals surface area contributed by atoms with E-state index in [1.54, 1.807) is 0 Å². The summed E-state index contributed by atoms with van der Waals surface area (Å²) in [5, 5.41) is 0. The van der Waals surface area contributed by atoms with E-state index in [2.05, 4.69) is 6.58 Å². The van der Waals surface area contributed by atoms with E-state index >= 15 is 0 Å². The highest BCUT2D eigenvalue weighted by Gasteiger charge is 2.28. The molecule has 0 rings (SSSR count). The van der Waals surface area contributed by atoms with Crippen LogP contribution in [0.1, 0.15) is 13.8 Å². The Kier molecular flexibility index (Phi) is 7.51. The summed E-state index contributed by atoms with van der Waals surface area (Å²) in [4.78, 5) is 31.9. The largest absolute Gasteiger partial charge is 0.462 e. The van der Waals surface area contributed by atoms with Gasteiger partial charge in [-0.25, -0.2) is 0 Å². The smallest absolute Gasteiger partial charge is 0.303 e. The van der Waals surface area contributed by atoms with Gasteiger partial charge >= 0.3 is 11.9 Å². The van der Waals surface area contributed by atoms with Gasteiger partial charge in [-0.1, -0.05) is 6.58 Å². The van der Waals surface area contributed by atoms with Crippen LogP contribution in [0.2, 0.25) is 0 Å². The molecule has 0 aliphatic rings. The van der Waals surface area contributed by atoms with Crippen molar-refractivity contribution in [2.45, 2.75) is 26.1 Å². The first kappa shape index (κ1) is 15.9. The van der Waals surface area contributed by atoms with Crippen molar-refractivity contribution < 1.29 is 28.6 Å². The van der Waals surface area contributed by atoms with E-state index in [1.807, 2.05) is 22.6 Å². The predicted octanol–water partition coefficient (Wildman–Crippen LogP) is 0.971. The van der Waals surface area contributed by atoms with Crippen LogP contribution in [0.3, 0.4) is 0 Å². The Morgan fingerprint density at radius 3 is 2.29 bits per heavy atom. The lowest BCUT2D eigenvalue weighted by Gasteiger charge is -2.24. The summed E-state index contributed by atoms with van der Waals surface area (Å²) in [6.07, 6.45) is -1.75. The van der Waals surface area contributed by atoms with E-state index in [-0.39, 0.29) is 13.1 Å². The van der Waals surface area contributed by atoms with E-state index in [4.69, 9.17) is 14.2 Å². The Morgan fingerprint density at radius 2 is 1.94 bits per heavy atom. The van der Waals surface area contributed by atoms with Gasteiger partial charge in [-0.2, -0.15) is 0 Å². The molecular formula is C10H13IO6. The zero-order chi connectivity index (χ0) is 13.4. The lowest BCUT2D eigenvalue weighted by atomic mass is 10.2. The Bertz CT molecular complexity index is 314. The van der Waals surface area contributed by atoms with Crippen molar-refractivity contribution >= 4 is 41.0 Å². The molecule has 7 heteroatoms. The number of halogens is 1. The number of ether oxygens (including phenoxy) is 3. The molecule has 6 nitrogen and oxygen atoms in total. The Labute approximate surface area is 112 Å². The fourth-order valence-electron chi connectivity index (χ4n) is 0.989. The summed E-state index contributed by atoms with van der Waals surface area (Å²) in [5.41, 5.74) is 0. The first-order valence-electron chi connectivity index (χ1n) is 4.62. The Hall–Kier alpha value is -1.12. The van der Waals surface area contributed by atoms with Crippen LogP contribution in [0.25, 0.3) is 0 Å². The third-order valence-electron chi connectivity index (χ3n) is 1.62. The van der Waals surface area contributed by atoms with Crippen LogP contribution >= 0.6 is 22.6 Å². The van der Waals surface area contributed by atoms with Crippen molar-refractivity contribution in [3.05, 3.63) is 10.2 Å². The number of esters is 2. The second-order valence-corrected chi connectivity index (χ2v) is 4.44. The molecule has 0 saturated carbocycles. The molecule has 0 spiro atoms. The molecule has 0 N–H and O–H groups in total. The van der Waals surface area contributed by atoms with Crippen LogP contribution in [0.15, 0.2) is 10.2 Å². The van der Waals surface area contributed by atoms with Crippen molar-refractivity contribution in [1.82, 2.24) is 0 Å². The minimum Gasteiger partial charge on any atom is -0.462 e. The van der Waals surface area contributed by atoms with Gasteiger partial charge in [0.25, 0.3) is 6.47 Å². The van der Waals surface area contributed by atoms with Gasteiger partial charge in [0.2, 0.25) is 0 Å². The lowest BCUT2D eigenvalue weighted by Crippen LogP contribution is -2.37. The molecule has 1 unspecified atom stereocenters. The number of carbonyl (C=O) groups excluding carboxylic acids is 3. The third-order valence-corrected chi connectivity index (χ3v) is 2.23. The van der Waals surface area contributed by atoms with Gasteiger partial charge in [0.15, 0.2) is 12.2 Å². The van der Waals surface area contributed by atoms with Crippen molar-refractivity contribution in [3.8, 4) is 0 Å². The molecule has 0 heterocycles. The van der Waals surface area contributed by atoms with Crippen molar-refractivity contribution in [2.24, 2.45) is 0 Å². The van der Waals surface area contributed by atoms with Crippen molar-refractivity contribution in [2.75, 3.05) is 6.61 Å². The van der Waals surface area contributed by atoms with Crippen molar-refractivity contribution in [1.29, 1.82) is 0 Å². The number of carbonyl (C=O) groups is 3. The second-order valence-electron chi connectivity index (χ2n) is 3.05. The molecule has 0 aromatic rings. The highest BCUT2D eigenvalue weighted by molar-refractivity contribution is 14.1. The molecule has 0 amide bonds. The molecule has 0 radical (unpaired) electrons. The molecule has 96 valence electrons. The van der Waals surface area contributed by atoms with E-state index in [9.17, 15) is 14.4 Å². The average molecular weight is 356 g/mol. The van der Waals surface area contributed by atoms with Gasteiger partial charge in [0.1, 0.15) is 6.61 Å². The van der Waals surface area contributed by atoms with Crippen molar-refractivity contribution in [3.63, 3.8) is 0 Å². The third kappa shape index (κ3) is 6.93. The maximum absolute atomic E-state index is 10.9. The molecule has 0 saturated heterocycles. The first-order valence-corrected chi connectivity index (χ1v) is 5.70. The van der Waals surface area contributed by atoms with Gasteiger partial charge in [-0.15, -0.1) is 0 Å². The highest BCUT2D eigenvalue weighted by Crippen LogP contribution is 2.19. The van der Waals surface area contributed by atoms with Crippen LogP contribution in [0, 0.1) is 0 Å². The molecule has 2 atom stereocenters. The summed E-state index contributed by atoms with van der Waals surface area (Å²) in [7, 11) is 0. The monoisotopic (exact) mass is 356 g/mol. The highest BCUT2D eigenvalue weighted by atomic mass is 127. The minimum absolute atomic E-state index is 0.199. The number of hydrogen-bond donors (Lipinski definition) is 0. The van der Waals surface area contributed by atoms with Crippen LogP contribution in [-0.4, -0.2) is 37.2 Å². The molecule has 0 fully saturated rings. The van der Waals surface area contributed by atoms with Crippen LogP contribution in [0.4, 0.5) is 0 Å². The van der Waals surface area contributed by atoms with Gasteiger partial charge in [-0.3, -0.25) is 14.4 Å². The average Bonchev–Trinajstić information content (AvgIpc) is 2.20. The normalized spacial score (nSPS) is 13.1. The molecule has 0 aromatic heterocycles. The van der Waals surface area contributed by atoms with Crippen LogP contribution < -0.4 is 0 Å². The van der Waals surface area contributed by atoms with E-state index in [0.717, 1.165) is 0 Å². The Morgan fingerprint density at radius 1 is 1.35 bits per heavy atom. The zero-order valence-electron chi connectivity index (χ0n) is 9.47. The number of rotatable bonds is 7. The Balaban J connectivity index is 4.68. The van der Waals surface area contributed by atoms with Gasteiger partial charge in [0, 0.05) is 17.4 Å². The van der Waals surface area contributed by atoms with E-state index in [1.165, 1.54) is 13.8 Å². The number of hydrogen-bond acceptors (Lipinski definition) is 6. The van der Waals surface area contributed by atoms with Crippen LogP contribution in [-0.2, 0) is 28.6 Å². The van der Waals surface area contributed by atoms with E-state index < -0.39 is 24.1 Å². The summed E-state index contributed by atoms with van der Waals surface area (Å²) in [6, 6.07) is 0. The van der Waals surface area contributed by atoms with E-state index in [0.29, 0.717) is 3.58 Å². The quantitative estimate of drug-likeness (QED) is 0.293. The minimum atomic E-state index is -0.898. The topological polar surface area (TPSA) is 78.9 Å². The fraction of sp³-hybridized carbons (Fsp3) is 0.500. The molecule has 0 aliphatic heterocycles. The zero-order valence-corrected chi connectivity index (χ0v) is 11.6.